The summed E-state index contributed by atoms with van der Waals surface area (Å²) in [5, 5.41) is 6.00. The molecule has 0 aliphatic heterocycles. The van der Waals surface area contributed by atoms with Crippen LogP contribution in [0.4, 0.5) is 5.69 Å². The van der Waals surface area contributed by atoms with E-state index < -0.39 is 0 Å². The Bertz CT molecular complexity index is 615. The summed E-state index contributed by atoms with van der Waals surface area (Å²) >= 11 is 6.10. The van der Waals surface area contributed by atoms with Gasteiger partial charge in [0.05, 0.1) is 16.6 Å². The summed E-state index contributed by atoms with van der Waals surface area (Å²) in [7, 11) is 2.02. The van der Waals surface area contributed by atoms with E-state index in [4.69, 9.17) is 11.6 Å². The number of halogens is 1. The van der Waals surface area contributed by atoms with Crippen LogP contribution in [0.3, 0.4) is 0 Å². The van der Waals surface area contributed by atoms with E-state index >= 15 is 0 Å². The Hall–Kier alpha value is -1.59. The van der Waals surface area contributed by atoms with Crippen LogP contribution in [0.15, 0.2) is 18.2 Å². The summed E-state index contributed by atoms with van der Waals surface area (Å²) in [6.45, 7) is 4.29. The van der Waals surface area contributed by atoms with Crippen LogP contribution in [0.5, 0.6) is 0 Å². The third-order valence-corrected chi connectivity index (χ3v) is 5.29. The fourth-order valence-electron chi connectivity index (χ4n) is 3.27. The van der Waals surface area contributed by atoms with E-state index in [0.717, 1.165) is 12.8 Å². The van der Waals surface area contributed by atoms with Crippen LogP contribution < -0.4 is 10.6 Å². The van der Waals surface area contributed by atoms with Crippen molar-refractivity contribution in [2.24, 2.45) is 0 Å². The molecule has 1 atom stereocenters. The van der Waals surface area contributed by atoms with Crippen LogP contribution in [-0.4, -0.2) is 42.4 Å². The van der Waals surface area contributed by atoms with E-state index in [-0.39, 0.29) is 17.9 Å². The Balaban J connectivity index is 2.04. The Labute approximate surface area is 155 Å². The molecule has 138 valence electrons. The summed E-state index contributed by atoms with van der Waals surface area (Å²) in [6.07, 6.45) is 6.05. The summed E-state index contributed by atoms with van der Waals surface area (Å²) in [5.74, 6) is -0.312. The zero-order chi connectivity index (χ0) is 18.4. The summed E-state index contributed by atoms with van der Waals surface area (Å²) in [4.78, 5) is 26.8. The molecule has 1 aliphatic rings. The molecule has 2 N–H and O–H groups in total. The molecule has 1 aromatic carbocycles. The lowest BCUT2D eigenvalue weighted by molar-refractivity contribution is -0.121. The molecule has 1 aromatic rings. The Morgan fingerprint density at radius 1 is 1.28 bits per heavy atom. The summed E-state index contributed by atoms with van der Waals surface area (Å²) in [5.41, 5.74) is 0.953. The van der Waals surface area contributed by atoms with Gasteiger partial charge in [-0.15, -0.1) is 0 Å². The van der Waals surface area contributed by atoms with Gasteiger partial charge in [-0.1, -0.05) is 30.9 Å². The molecule has 0 spiro atoms. The van der Waals surface area contributed by atoms with Gasteiger partial charge < -0.3 is 10.6 Å². The molecule has 2 rings (SSSR count). The normalized spacial score (nSPS) is 16.5. The standard InChI is InChI=1S/C19H28ClN3O2/c1-4-21-19(25)16-12-14(10-11-17(16)20)22-18(24)13(2)23(3)15-8-6-5-7-9-15/h10-13,15H,4-9H2,1-3H3,(H,21,25)(H,22,24). The highest BCUT2D eigenvalue weighted by atomic mass is 35.5. The number of benzene rings is 1. The zero-order valence-electron chi connectivity index (χ0n) is 15.3. The maximum atomic E-state index is 12.6. The molecule has 1 fully saturated rings. The first-order valence-corrected chi connectivity index (χ1v) is 9.42. The molecule has 0 saturated heterocycles. The predicted octanol–water partition coefficient (Wildman–Crippen LogP) is 3.68. The average molecular weight is 366 g/mol. The SMILES string of the molecule is CCNC(=O)c1cc(NC(=O)C(C)N(C)C2CCCCC2)ccc1Cl. The molecule has 0 aromatic heterocycles. The second kappa shape index (κ2) is 9.20. The van der Waals surface area contributed by atoms with Gasteiger partial charge in [-0.05, 0) is 51.9 Å². The van der Waals surface area contributed by atoms with Gasteiger partial charge in [0.15, 0.2) is 0 Å². The number of likely N-dealkylation sites (N-methyl/N-ethyl adjacent to an activating group) is 1. The molecule has 0 bridgehead atoms. The molecule has 0 heterocycles. The highest BCUT2D eigenvalue weighted by Gasteiger charge is 2.26. The zero-order valence-corrected chi connectivity index (χ0v) is 16.0. The number of hydrogen-bond donors (Lipinski definition) is 2. The van der Waals surface area contributed by atoms with Crippen molar-refractivity contribution in [2.75, 3.05) is 18.9 Å². The van der Waals surface area contributed by atoms with Crippen molar-refractivity contribution in [2.45, 2.75) is 58.0 Å². The molecule has 25 heavy (non-hydrogen) atoms. The minimum atomic E-state index is -0.240. The first kappa shape index (κ1) is 19.7. The fraction of sp³-hybridized carbons (Fsp3) is 0.579. The van der Waals surface area contributed by atoms with Crippen molar-refractivity contribution in [1.29, 1.82) is 0 Å². The lowest BCUT2D eigenvalue weighted by Gasteiger charge is -2.34. The number of nitrogens with one attached hydrogen (secondary N) is 2. The Kier molecular flexibility index (Phi) is 7.26. The number of rotatable bonds is 6. The number of amides is 2. The highest BCUT2D eigenvalue weighted by Crippen LogP contribution is 2.24. The molecule has 1 saturated carbocycles. The number of carbonyl (C=O) groups is 2. The van der Waals surface area contributed by atoms with Gasteiger partial charge in [-0.25, -0.2) is 0 Å². The van der Waals surface area contributed by atoms with Crippen LogP contribution in [0, 0.1) is 0 Å². The third kappa shape index (κ3) is 5.19. The summed E-state index contributed by atoms with van der Waals surface area (Å²) in [6, 6.07) is 5.21. The van der Waals surface area contributed by atoms with Gasteiger partial charge >= 0.3 is 0 Å². The minimum Gasteiger partial charge on any atom is -0.352 e. The number of hydrogen-bond acceptors (Lipinski definition) is 3. The lowest BCUT2D eigenvalue weighted by Crippen LogP contribution is -2.46. The number of nitrogens with zero attached hydrogens (tertiary/aromatic N) is 1. The monoisotopic (exact) mass is 365 g/mol. The van der Waals surface area contributed by atoms with Gasteiger partial charge in [0.1, 0.15) is 0 Å². The molecule has 1 aliphatic carbocycles. The van der Waals surface area contributed by atoms with Crippen molar-refractivity contribution in [3.8, 4) is 0 Å². The van der Waals surface area contributed by atoms with Gasteiger partial charge in [-0.2, -0.15) is 0 Å². The second-order valence-electron chi connectivity index (χ2n) is 6.68. The van der Waals surface area contributed by atoms with Crippen LogP contribution in [0.2, 0.25) is 5.02 Å². The maximum absolute atomic E-state index is 12.6. The first-order chi connectivity index (χ1) is 11.9. The molecular formula is C19H28ClN3O2. The topological polar surface area (TPSA) is 61.4 Å². The Morgan fingerprint density at radius 2 is 1.96 bits per heavy atom. The van der Waals surface area contributed by atoms with Gasteiger partial charge in [0.2, 0.25) is 5.91 Å². The van der Waals surface area contributed by atoms with E-state index in [1.807, 2.05) is 20.9 Å². The molecule has 6 heteroatoms. The largest absolute Gasteiger partial charge is 0.352 e. The van der Waals surface area contributed by atoms with E-state index in [2.05, 4.69) is 15.5 Å². The van der Waals surface area contributed by atoms with Crippen LogP contribution in [0.25, 0.3) is 0 Å². The van der Waals surface area contributed by atoms with Crippen molar-refractivity contribution in [3.05, 3.63) is 28.8 Å². The molecule has 0 radical (unpaired) electrons. The van der Waals surface area contributed by atoms with Crippen molar-refractivity contribution in [1.82, 2.24) is 10.2 Å². The molecule has 5 nitrogen and oxygen atoms in total. The van der Waals surface area contributed by atoms with Gasteiger partial charge in [-0.3, -0.25) is 14.5 Å². The fourth-order valence-corrected chi connectivity index (χ4v) is 3.47. The van der Waals surface area contributed by atoms with E-state index in [9.17, 15) is 9.59 Å². The van der Waals surface area contributed by atoms with Crippen LogP contribution >= 0.6 is 11.6 Å². The van der Waals surface area contributed by atoms with Gasteiger partial charge in [0.25, 0.3) is 5.91 Å². The summed E-state index contributed by atoms with van der Waals surface area (Å²) < 4.78 is 0. The van der Waals surface area contributed by atoms with E-state index in [0.29, 0.717) is 28.9 Å². The minimum absolute atomic E-state index is 0.0720. The van der Waals surface area contributed by atoms with Crippen molar-refractivity contribution in [3.63, 3.8) is 0 Å². The average Bonchev–Trinajstić information content (AvgIpc) is 2.62. The smallest absolute Gasteiger partial charge is 0.252 e. The van der Waals surface area contributed by atoms with Crippen molar-refractivity contribution >= 4 is 29.1 Å². The third-order valence-electron chi connectivity index (χ3n) is 4.96. The molecule has 1 unspecified atom stereocenters. The van der Waals surface area contributed by atoms with E-state index in [1.165, 1.54) is 19.3 Å². The molecule has 2 amide bonds. The van der Waals surface area contributed by atoms with E-state index in [1.54, 1.807) is 18.2 Å². The lowest BCUT2D eigenvalue weighted by atomic mass is 9.93. The quantitative estimate of drug-likeness (QED) is 0.808. The maximum Gasteiger partial charge on any atom is 0.252 e. The predicted molar refractivity (Wildman–Crippen MR) is 102 cm³/mol. The Morgan fingerprint density at radius 3 is 2.60 bits per heavy atom. The highest BCUT2D eigenvalue weighted by molar-refractivity contribution is 6.34. The second-order valence-corrected chi connectivity index (χ2v) is 7.08. The molecular weight excluding hydrogens is 338 g/mol. The number of carbonyl (C=O) groups excluding carboxylic acids is 2. The van der Waals surface area contributed by atoms with Crippen molar-refractivity contribution < 1.29 is 9.59 Å². The van der Waals surface area contributed by atoms with Crippen LogP contribution in [0.1, 0.15) is 56.3 Å². The number of anilines is 1. The van der Waals surface area contributed by atoms with Gasteiger partial charge in [0, 0.05) is 18.3 Å². The van der Waals surface area contributed by atoms with Crippen LogP contribution in [-0.2, 0) is 4.79 Å². The first-order valence-electron chi connectivity index (χ1n) is 9.04.